The van der Waals surface area contributed by atoms with Crippen molar-refractivity contribution in [1.29, 1.82) is 0 Å². The maximum atomic E-state index is 5.87. The Morgan fingerprint density at radius 2 is 2.06 bits per heavy atom. The van der Waals surface area contributed by atoms with E-state index in [1.54, 1.807) is 6.20 Å². The Balaban J connectivity index is 2.54. The zero-order valence-corrected chi connectivity index (χ0v) is 12.0. The summed E-state index contributed by atoms with van der Waals surface area (Å²) in [6.45, 7) is 7.99. The van der Waals surface area contributed by atoms with Gasteiger partial charge in [0.25, 0.3) is 0 Å². The summed E-state index contributed by atoms with van der Waals surface area (Å²) < 4.78 is 10.9. The molecule has 0 amide bonds. The van der Waals surface area contributed by atoms with Crippen molar-refractivity contribution < 1.29 is 9.47 Å². The van der Waals surface area contributed by atoms with E-state index in [2.05, 4.69) is 16.9 Å². The molecule has 4 nitrogen and oxygen atoms in total. The van der Waals surface area contributed by atoms with Crippen LogP contribution < -0.4 is 4.74 Å². The molecule has 0 unspecified atom stereocenters. The smallest absolute Gasteiger partial charge is 0.160 e. The van der Waals surface area contributed by atoms with Crippen molar-refractivity contribution in [2.45, 2.75) is 39.0 Å². The summed E-state index contributed by atoms with van der Waals surface area (Å²) in [5.41, 5.74) is 0.742. The molecule has 1 heterocycles. The van der Waals surface area contributed by atoms with Crippen LogP contribution in [0.1, 0.15) is 44.6 Å². The molecule has 18 heavy (non-hydrogen) atoms. The lowest BCUT2D eigenvalue weighted by molar-refractivity contribution is 0.1000. The van der Waals surface area contributed by atoms with E-state index in [4.69, 9.17) is 21.1 Å². The number of nitrogens with zero attached hydrogens (tertiary/aromatic N) is 2. The molecular formula is C13H21ClN2O2. The molecule has 0 bridgehead atoms. The van der Waals surface area contributed by atoms with Gasteiger partial charge in [-0.25, -0.2) is 9.97 Å². The molecule has 0 aliphatic carbocycles. The largest absolute Gasteiger partial charge is 0.488 e. The Kier molecular flexibility index (Phi) is 6.98. The lowest BCUT2D eigenvalue weighted by Crippen LogP contribution is -2.10. The predicted octanol–water partition coefficient (Wildman–Crippen LogP) is 3.14. The third-order valence-corrected chi connectivity index (χ3v) is 2.58. The molecule has 0 fully saturated rings. The standard InChI is InChI=1S/C13H21ClN2O2/c1-4-5-17-6-7-18-12-9-15-13(10(2)3)16-11(12)8-14/h9-10H,4-8H2,1-3H3. The molecule has 0 N–H and O–H groups in total. The summed E-state index contributed by atoms with van der Waals surface area (Å²) in [4.78, 5) is 8.66. The highest BCUT2D eigenvalue weighted by Gasteiger charge is 2.09. The Bertz CT molecular complexity index is 359. The molecular weight excluding hydrogens is 252 g/mol. The van der Waals surface area contributed by atoms with E-state index in [1.165, 1.54) is 0 Å². The topological polar surface area (TPSA) is 44.2 Å². The molecule has 0 atom stereocenters. The molecule has 102 valence electrons. The van der Waals surface area contributed by atoms with Gasteiger partial charge in [-0.3, -0.25) is 0 Å². The second-order valence-electron chi connectivity index (χ2n) is 4.29. The van der Waals surface area contributed by atoms with Crippen molar-refractivity contribution in [1.82, 2.24) is 9.97 Å². The highest BCUT2D eigenvalue weighted by atomic mass is 35.5. The van der Waals surface area contributed by atoms with Crippen LogP contribution in [0.25, 0.3) is 0 Å². The predicted molar refractivity (Wildman–Crippen MR) is 72.3 cm³/mol. The maximum Gasteiger partial charge on any atom is 0.160 e. The number of ether oxygens (including phenoxy) is 2. The van der Waals surface area contributed by atoms with Crippen LogP contribution in [0.4, 0.5) is 0 Å². The van der Waals surface area contributed by atoms with E-state index in [0.717, 1.165) is 24.5 Å². The van der Waals surface area contributed by atoms with E-state index in [-0.39, 0.29) is 5.92 Å². The molecule has 1 aromatic heterocycles. The normalized spacial score (nSPS) is 10.9. The van der Waals surface area contributed by atoms with E-state index in [0.29, 0.717) is 24.8 Å². The average molecular weight is 273 g/mol. The summed E-state index contributed by atoms with van der Waals surface area (Å²) >= 11 is 5.87. The van der Waals surface area contributed by atoms with E-state index >= 15 is 0 Å². The van der Waals surface area contributed by atoms with Gasteiger partial charge >= 0.3 is 0 Å². The van der Waals surface area contributed by atoms with Gasteiger partial charge in [-0.15, -0.1) is 11.6 Å². The Hall–Kier alpha value is -0.870. The zero-order valence-electron chi connectivity index (χ0n) is 11.3. The molecule has 0 aromatic carbocycles. The minimum Gasteiger partial charge on any atom is -0.488 e. The number of alkyl halides is 1. The molecule has 0 radical (unpaired) electrons. The number of hydrogen-bond acceptors (Lipinski definition) is 4. The van der Waals surface area contributed by atoms with Crippen LogP contribution in [-0.4, -0.2) is 29.8 Å². The van der Waals surface area contributed by atoms with Gasteiger partial charge in [0.15, 0.2) is 5.75 Å². The van der Waals surface area contributed by atoms with Crippen molar-refractivity contribution in [3.63, 3.8) is 0 Å². The summed E-state index contributed by atoms with van der Waals surface area (Å²) in [5, 5.41) is 0. The monoisotopic (exact) mass is 272 g/mol. The van der Waals surface area contributed by atoms with E-state index in [1.807, 2.05) is 13.8 Å². The van der Waals surface area contributed by atoms with Crippen molar-refractivity contribution in [2.75, 3.05) is 19.8 Å². The summed E-state index contributed by atoms with van der Waals surface area (Å²) in [7, 11) is 0. The average Bonchev–Trinajstić information content (AvgIpc) is 2.38. The van der Waals surface area contributed by atoms with Crippen LogP contribution in [0.2, 0.25) is 0 Å². The first-order chi connectivity index (χ1) is 8.69. The lowest BCUT2D eigenvalue weighted by atomic mass is 10.2. The van der Waals surface area contributed by atoms with Crippen LogP contribution in [0.15, 0.2) is 6.20 Å². The summed E-state index contributed by atoms with van der Waals surface area (Å²) in [6.07, 6.45) is 2.71. The fourth-order valence-electron chi connectivity index (χ4n) is 1.37. The van der Waals surface area contributed by atoms with Crippen molar-refractivity contribution >= 4 is 11.6 Å². The second kappa shape index (κ2) is 8.27. The van der Waals surface area contributed by atoms with Crippen LogP contribution >= 0.6 is 11.6 Å². The highest BCUT2D eigenvalue weighted by molar-refractivity contribution is 6.17. The van der Waals surface area contributed by atoms with Gasteiger partial charge in [-0.05, 0) is 6.42 Å². The number of aromatic nitrogens is 2. The third-order valence-electron chi connectivity index (χ3n) is 2.32. The Morgan fingerprint density at radius 1 is 1.28 bits per heavy atom. The van der Waals surface area contributed by atoms with Gasteiger partial charge in [0, 0.05) is 12.5 Å². The maximum absolute atomic E-state index is 5.87. The highest BCUT2D eigenvalue weighted by Crippen LogP contribution is 2.19. The van der Waals surface area contributed by atoms with E-state index < -0.39 is 0 Å². The van der Waals surface area contributed by atoms with Gasteiger partial charge in [0.1, 0.15) is 18.1 Å². The molecule has 0 saturated carbocycles. The Labute approximate surface area is 114 Å². The number of halogens is 1. The first-order valence-corrected chi connectivity index (χ1v) is 6.84. The van der Waals surface area contributed by atoms with Gasteiger partial charge in [0.2, 0.25) is 0 Å². The molecule has 5 heteroatoms. The number of rotatable bonds is 8. The molecule has 1 rings (SSSR count). The molecule has 0 aliphatic heterocycles. The Morgan fingerprint density at radius 3 is 2.67 bits per heavy atom. The van der Waals surface area contributed by atoms with Crippen molar-refractivity contribution in [3.8, 4) is 5.75 Å². The van der Waals surface area contributed by atoms with Gasteiger partial charge in [-0.1, -0.05) is 20.8 Å². The fourth-order valence-corrected chi connectivity index (χ4v) is 1.56. The first kappa shape index (κ1) is 15.2. The van der Waals surface area contributed by atoms with Crippen LogP contribution in [0.3, 0.4) is 0 Å². The minimum atomic E-state index is 0.286. The molecule has 1 aromatic rings. The van der Waals surface area contributed by atoms with Gasteiger partial charge in [-0.2, -0.15) is 0 Å². The van der Waals surface area contributed by atoms with Crippen LogP contribution in [0.5, 0.6) is 5.75 Å². The summed E-state index contributed by atoms with van der Waals surface area (Å²) in [5.74, 6) is 2.05. The molecule has 0 spiro atoms. The van der Waals surface area contributed by atoms with Crippen LogP contribution in [-0.2, 0) is 10.6 Å². The van der Waals surface area contributed by atoms with Crippen molar-refractivity contribution in [2.24, 2.45) is 0 Å². The van der Waals surface area contributed by atoms with Gasteiger partial charge in [0.05, 0.1) is 18.7 Å². The SMILES string of the molecule is CCCOCCOc1cnc(C(C)C)nc1CCl. The fraction of sp³-hybridized carbons (Fsp3) is 0.692. The minimum absolute atomic E-state index is 0.286. The quantitative estimate of drug-likeness (QED) is 0.539. The second-order valence-corrected chi connectivity index (χ2v) is 4.56. The third kappa shape index (κ3) is 4.78. The first-order valence-electron chi connectivity index (χ1n) is 6.31. The molecule has 0 saturated heterocycles. The molecule has 0 aliphatic rings. The van der Waals surface area contributed by atoms with Crippen LogP contribution in [0, 0.1) is 0 Å². The zero-order chi connectivity index (χ0) is 13.4. The van der Waals surface area contributed by atoms with Crippen molar-refractivity contribution in [3.05, 3.63) is 17.7 Å². The lowest BCUT2D eigenvalue weighted by Gasteiger charge is -2.11. The van der Waals surface area contributed by atoms with Gasteiger partial charge < -0.3 is 9.47 Å². The number of hydrogen-bond donors (Lipinski definition) is 0. The van der Waals surface area contributed by atoms with E-state index in [9.17, 15) is 0 Å². The summed E-state index contributed by atoms with van der Waals surface area (Å²) in [6, 6.07) is 0.